The molecule has 0 unspecified atom stereocenters. The van der Waals surface area contributed by atoms with E-state index in [4.69, 9.17) is 0 Å². The van der Waals surface area contributed by atoms with Gasteiger partial charge >= 0.3 is 0 Å². The molecule has 0 amide bonds. The number of piperidine rings is 1. The standard InChI is InChI=1S/C15H28N6O/c1-11(2)19-15(10-22)6-8-21(9-7-15)14-17-12(3)16-13(18-14)20(4)5/h11,19,22H,6-10H2,1-5H3. The largest absolute Gasteiger partial charge is 0.394 e. The van der Waals surface area contributed by atoms with Crippen LogP contribution in [0.25, 0.3) is 0 Å². The zero-order valence-corrected chi connectivity index (χ0v) is 14.3. The molecule has 0 atom stereocenters. The molecule has 0 aliphatic carbocycles. The van der Waals surface area contributed by atoms with Gasteiger partial charge in [0, 0.05) is 38.8 Å². The third-order valence-corrected chi connectivity index (χ3v) is 4.02. The summed E-state index contributed by atoms with van der Waals surface area (Å²) >= 11 is 0. The Kier molecular flexibility index (Phi) is 5.18. The molecule has 1 aliphatic rings. The van der Waals surface area contributed by atoms with E-state index in [1.54, 1.807) is 0 Å². The van der Waals surface area contributed by atoms with E-state index in [0.29, 0.717) is 12.0 Å². The van der Waals surface area contributed by atoms with Crippen molar-refractivity contribution in [3.63, 3.8) is 0 Å². The summed E-state index contributed by atoms with van der Waals surface area (Å²) < 4.78 is 0. The van der Waals surface area contributed by atoms with Crippen LogP contribution < -0.4 is 15.1 Å². The maximum Gasteiger partial charge on any atom is 0.230 e. The van der Waals surface area contributed by atoms with Crippen molar-refractivity contribution in [1.29, 1.82) is 0 Å². The summed E-state index contributed by atoms with van der Waals surface area (Å²) in [5.41, 5.74) is -0.183. The highest BCUT2D eigenvalue weighted by Gasteiger charge is 2.35. The molecule has 1 aliphatic heterocycles. The summed E-state index contributed by atoms with van der Waals surface area (Å²) in [6, 6.07) is 0.360. The first-order valence-corrected chi connectivity index (χ1v) is 7.89. The van der Waals surface area contributed by atoms with Crippen molar-refractivity contribution in [2.45, 2.75) is 45.2 Å². The van der Waals surface area contributed by atoms with Crippen molar-refractivity contribution < 1.29 is 5.11 Å². The molecule has 1 aromatic heterocycles. The molecule has 1 fully saturated rings. The fourth-order valence-corrected chi connectivity index (χ4v) is 2.89. The lowest BCUT2D eigenvalue weighted by atomic mass is 9.87. The minimum atomic E-state index is -0.183. The molecule has 124 valence electrons. The van der Waals surface area contributed by atoms with E-state index in [-0.39, 0.29) is 12.1 Å². The molecule has 0 radical (unpaired) electrons. The number of aryl methyl sites for hydroxylation is 1. The maximum absolute atomic E-state index is 9.78. The highest BCUT2D eigenvalue weighted by atomic mass is 16.3. The predicted octanol–water partition coefficient (Wildman–Crippen LogP) is 0.575. The van der Waals surface area contributed by atoms with Crippen LogP contribution in [0.15, 0.2) is 0 Å². The maximum atomic E-state index is 9.78. The molecule has 0 spiro atoms. The first-order chi connectivity index (χ1) is 10.3. The van der Waals surface area contributed by atoms with Crippen LogP contribution in [0.2, 0.25) is 0 Å². The van der Waals surface area contributed by atoms with Gasteiger partial charge in [0.2, 0.25) is 11.9 Å². The van der Waals surface area contributed by atoms with Gasteiger partial charge in [-0.1, -0.05) is 13.8 Å². The van der Waals surface area contributed by atoms with Gasteiger partial charge < -0.3 is 20.2 Å². The van der Waals surface area contributed by atoms with Gasteiger partial charge in [-0.2, -0.15) is 15.0 Å². The van der Waals surface area contributed by atoms with Crippen LogP contribution in [0, 0.1) is 6.92 Å². The Morgan fingerprint density at radius 3 is 2.36 bits per heavy atom. The van der Waals surface area contributed by atoms with E-state index < -0.39 is 0 Å². The van der Waals surface area contributed by atoms with Crippen molar-refractivity contribution in [1.82, 2.24) is 20.3 Å². The lowest BCUT2D eigenvalue weighted by Crippen LogP contribution is -2.58. The van der Waals surface area contributed by atoms with Gasteiger partial charge in [0.05, 0.1) is 6.61 Å². The van der Waals surface area contributed by atoms with E-state index in [1.807, 2.05) is 25.9 Å². The summed E-state index contributed by atoms with van der Waals surface area (Å²) in [6.45, 7) is 7.94. The zero-order valence-electron chi connectivity index (χ0n) is 14.3. The first kappa shape index (κ1) is 16.9. The molecule has 1 aromatic rings. The normalized spacial score (nSPS) is 17.9. The summed E-state index contributed by atoms with van der Waals surface area (Å²) in [5.74, 6) is 2.14. The third-order valence-electron chi connectivity index (χ3n) is 4.02. The second kappa shape index (κ2) is 6.75. The topological polar surface area (TPSA) is 77.4 Å². The Morgan fingerprint density at radius 2 is 1.86 bits per heavy atom. The van der Waals surface area contributed by atoms with Gasteiger partial charge in [0.25, 0.3) is 0 Å². The van der Waals surface area contributed by atoms with Crippen molar-refractivity contribution in [2.75, 3.05) is 43.6 Å². The van der Waals surface area contributed by atoms with Crippen LogP contribution in [0.5, 0.6) is 0 Å². The van der Waals surface area contributed by atoms with Gasteiger partial charge in [0.15, 0.2) is 0 Å². The van der Waals surface area contributed by atoms with Gasteiger partial charge in [-0.15, -0.1) is 0 Å². The van der Waals surface area contributed by atoms with E-state index >= 15 is 0 Å². The molecule has 0 saturated carbocycles. The Hall–Kier alpha value is -1.47. The molecular weight excluding hydrogens is 280 g/mol. The lowest BCUT2D eigenvalue weighted by molar-refractivity contribution is 0.125. The molecule has 2 N–H and O–H groups in total. The molecule has 22 heavy (non-hydrogen) atoms. The number of nitrogens with zero attached hydrogens (tertiary/aromatic N) is 5. The molecule has 7 heteroatoms. The van der Waals surface area contributed by atoms with Crippen LogP contribution in [-0.2, 0) is 0 Å². The molecule has 2 rings (SSSR count). The summed E-state index contributed by atoms with van der Waals surface area (Å²) in [7, 11) is 3.86. The minimum Gasteiger partial charge on any atom is -0.394 e. The SMILES string of the molecule is Cc1nc(N(C)C)nc(N2CCC(CO)(NC(C)C)CC2)n1. The van der Waals surface area contributed by atoms with Gasteiger partial charge in [-0.05, 0) is 19.8 Å². The number of aliphatic hydroxyl groups excluding tert-OH is 1. The number of hydrogen-bond acceptors (Lipinski definition) is 7. The number of rotatable bonds is 5. The van der Waals surface area contributed by atoms with E-state index in [1.165, 1.54) is 0 Å². The van der Waals surface area contributed by atoms with E-state index in [2.05, 4.69) is 39.0 Å². The highest BCUT2D eigenvalue weighted by Crippen LogP contribution is 2.25. The van der Waals surface area contributed by atoms with Crippen molar-refractivity contribution >= 4 is 11.9 Å². The van der Waals surface area contributed by atoms with E-state index in [0.717, 1.165) is 37.7 Å². The van der Waals surface area contributed by atoms with Gasteiger partial charge in [-0.25, -0.2) is 0 Å². The molecular formula is C15H28N6O. The Morgan fingerprint density at radius 1 is 1.23 bits per heavy atom. The van der Waals surface area contributed by atoms with Crippen molar-refractivity contribution in [3.05, 3.63) is 5.82 Å². The average molecular weight is 308 g/mol. The van der Waals surface area contributed by atoms with Crippen LogP contribution in [-0.4, -0.2) is 65.4 Å². The van der Waals surface area contributed by atoms with Crippen molar-refractivity contribution in [3.8, 4) is 0 Å². The number of nitrogens with one attached hydrogen (secondary N) is 1. The molecule has 0 aromatic carbocycles. The van der Waals surface area contributed by atoms with Crippen LogP contribution in [0.1, 0.15) is 32.5 Å². The number of aromatic nitrogens is 3. The first-order valence-electron chi connectivity index (χ1n) is 7.89. The smallest absolute Gasteiger partial charge is 0.230 e. The summed E-state index contributed by atoms with van der Waals surface area (Å²) in [6.07, 6.45) is 1.76. The molecule has 0 bridgehead atoms. The minimum absolute atomic E-state index is 0.165. The Labute approximate surface area is 132 Å². The Bertz CT molecular complexity index is 497. The summed E-state index contributed by atoms with van der Waals surface area (Å²) in [5, 5.41) is 13.3. The number of anilines is 2. The fourth-order valence-electron chi connectivity index (χ4n) is 2.89. The lowest BCUT2D eigenvalue weighted by Gasteiger charge is -2.42. The number of aliphatic hydroxyl groups is 1. The third kappa shape index (κ3) is 3.84. The van der Waals surface area contributed by atoms with Gasteiger partial charge in [-0.3, -0.25) is 0 Å². The van der Waals surface area contributed by atoms with Crippen molar-refractivity contribution in [2.24, 2.45) is 0 Å². The van der Waals surface area contributed by atoms with Gasteiger partial charge in [0.1, 0.15) is 5.82 Å². The second-order valence-corrected chi connectivity index (χ2v) is 6.60. The van der Waals surface area contributed by atoms with Crippen LogP contribution >= 0.6 is 0 Å². The van der Waals surface area contributed by atoms with Crippen LogP contribution in [0.4, 0.5) is 11.9 Å². The summed E-state index contributed by atoms with van der Waals surface area (Å²) in [4.78, 5) is 17.4. The average Bonchev–Trinajstić information content (AvgIpc) is 2.46. The van der Waals surface area contributed by atoms with E-state index in [9.17, 15) is 5.11 Å². The predicted molar refractivity (Wildman–Crippen MR) is 88.4 cm³/mol. The molecule has 2 heterocycles. The monoisotopic (exact) mass is 308 g/mol. The second-order valence-electron chi connectivity index (χ2n) is 6.60. The molecule has 1 saturated heterocycles. The number of hydrogen-bond donors (Lipinski definition) is 2. The zero-order chi connectivity index (χ0) is 16.3. The molecule has 7 nitrogen and oxygen atoms in total. The quantitative estimate of drug-likeness (QED) is 0.823. The fraction of sp³-hybridized carbons (Fsp3) is 0.800. The van der Waals surface area contributed by atoms with Crippen LogP contribution in [0.3, 0.4) is 0 Å². The Balaban J connectivity index is 2.11. The highest BCUT2D eigenvalue weighted by molar-refractivity contribution is 5.38.